The minimum atomic E-state index is -3.58. The Morgan fingerprint density at radius 2 is 1.76 bits per heavy atom. The number of hydrogen-bond donors (Lipinski definition) is 0. The molecule has 3 aromatic carbocycles. The van der Waals surface area contributed by atoms with Gasteiger partial charge in [-0.3, -0.25) is 4.90 Å². The first kappa shape index (κ1) is 29.5. The summed E-state index contributed by atoms with van der Waals surface area (Å²) in [6.07, 6.45) is 4.35. The standard InChI is InChI=1S/C29H35ClN2O3S.ClH/c1-31(36(33,34)28-11-4-3-5-12-28)22-25(24-9-8-10-26(30)21-24)18-20-32-19-7-6-13-29(32)23-14-16-27(35-2)17-15-23;/h3-5,8-12,14-17,21,25,29H,6-7,13,18-20,22H2,1-2H3;1H/t25-,29+;/m1./s1. The number of methoxy groups -OCH3 is 1. The largest absolute Gasteiger partial charge is 0.497 e. The van der Waals surface area contributed by atoms with Gasteiger partial charge in [-0.2, -0.15) is 0 Å². The molecule has 2 atom stereocenters. The second-order valence-corrected chi connectivity index (χ2v) is 11.9. The molecule has 200 valence electrons. The number of hydrogen-bond acceptors (Lipinski definition) is 4. The number of likely N-dealkylation sites (N-methyl/N-ethyl adjacent to an activating group) is 1. The summed E-state index contributed by atoms with van der Waals surface area (Å²) in [5, 5.41) is 0.667. The van der Waals surface area contributed by atoms with Crippen molar-refractivity contribution >= 4 is 34.0 Å². The Morgan fingerprint density at radius 3 is 2.43 bits per heavy atom. The molecule has 1 saturated heterocycles. The van der Waals surface area contributed by atoms with E-state index in [2.05, 4.69) is 23.1 Å². The third-order valence-electron chi connectivity index (χ3n) is 7.13. The van der Waals surface area contributed by atoms with Crippen molar-refractivity contribution in [1.29, 1.82) is 0 Å². The van der Waals surface area contributed by atoms with Crippen LogP contribution >= 0.6 is 24.0 Å². The summed E-state index contributed by atoms with van der Waals surface area (Å²) in [7, 11) is -0.226. The normalized spacial score (nSPS) is 17.2. The maximum atomic E-state index is 13.2. The Labute approximate surface area is 232 Å². The lowest BCUT2D eigenvalue weighted by Crippen LogP contribution is -2.36. The van der Waals surface area contributed by atoms with Gasteiger partial charge in [0.25, 0.3) is 0 Å². The molecule has 3 aromatic rings. The Kier molecular flexibility index (Phi) is 10.9. The third kappa shape index (κ3) is 7.49. The Morgan fingerprint density at radius 1 is 1.03 bits per heavy atom. The summed E-state index contributed by atoms with van der Waals surface area (Å²) in [4.78, 5) is 2.86. The summed E-state index contributed by atoms with van der Waals surface area (Å²) in [6.45, 7) is 2.31. The van der Waals surface area contributed by atoms with Gasteiger partial charge in [0, 0.05) is 24.7 Å². The molecule has 0 spiro atoms. The summed E-state index contributed by atoms with van der Waals surface area (Å²) in [6, 6.07) is 25.2. The zero-order valence-electron chi connectivity index (χ0n) is 21.4. The van der Waals surface area contributed by atoms with Crippen molar-refractivity contribution in [3.8, 4) is 5.75 Å². The molecule has 5 nitrogen and oxygen atoms in total. The fourth-order valence-corrected chi connectivity index (χ4v) is 6.52. The second-order valence-electron chi connectivity index (χ2n) is 9.46. The highest BCUT2D eigenvalue weighted by Crippen LogP contribution is 2.34. The van der Waals surface area contributed by atoms with E-state index < -0.39 is 10.0 Å². The van der Waals surface area contributed by atoms with Crippen LogP contribution in [0.1, 0.15) is 48.8 Å². The van der Waals surface area contributed by atoms with Crippen LogP contribution in [-0.4, -0.2) is 51.4 Å². The van der Waals surface area contributed by atoms with Gasteiger partial charge in [-0.05, 0) is 85.8 Å². The highest BCUT2D eigenvalue weighted by Gasteiger charge is 2.28. The summed E-state index contributed by atoms with van der Waals surface area (Å²) >= 11 is 6.34. The van der Waals surface area contributed by atoms with Gasteiger partial charge >= 0.3 is 0 Å². The van der Waals surface area contributed by atoms with Crippen molar-refractivity contribution in [3.63, 3.8) is 0 Å². The van der Waals surface area contributed by atoms with Gasteiger partial charge in [0.1, 0.15) is 5.75 Å². The minimum Gasteiger partial charge on any atom is -0.497 e. The number of ether oxygens (including phenoxy) is 1. The molecule has 1 aliphatic rings. The van der Waals surface area contributed by atoms with Crippen LogP contribution in [0, 0.1) is 0 Å². The SMILES string of the molecule is COc1ccc([C@@H]2CCCCN2CC[C@H](CN(C)S(=O)(=O)c2ccccc2)c2cccc(Cl)c2)cc1.Cl. The number of sulfonamides is 1. The summed E-state index contributed by atoms with van der Waals surface area (Å²) in [5.41, 5.74) is 2.37. The van der Waals surface area contributed by atoms with E-state index in [0.29, 0.717) is 22.5 Å². The lowest BCUT2D eigenvalue weighted by Gasteiger charge is -2.37. The zero-order chi connectivity index (χ0) is 25.5. The van der Waals surface area contributed by atoms with Gasteiger partial charge in [0.2, 0.25) is 10.0 Å². The van der Waals surface area contributed by atoms with E-state index in [4.69, 9.17) is 16.3 Å². The molecular formula is C29H36Cl2N2O3S. The number of likely N-dealkylation sites (tertiary alicyclic amines) is 1. The average Bonchev–Trinajstić information content (AvgIpc) is 2.91. The lowest BCUT2D eigenvalue weighted by molar-refractivity contribution is 0.142. The van der Waals surface area contributed by atoms with Crippen LogP contribution in [0.2, 0.25) is 5.02 Å². The van der Waals surface area contributed by atoms with E-state index in [0.717, 1.165) is 37.2 Å². The highest BCUT2D eigenvalue weighted by molar-refractivity contribution is 7.89. The van der Waals surface area contributed by atoms with Crippen LogP contribution in [0.25, 0.3) is 0 Å². The van der Waals surface area contributed by atoms with Gasteiger partial charge in [0.05, 0.1) is 12.0 Å². The fraction of sp³-hybridized carbons (Fsp3) is 0.379. The van der Waals surface area contributed by atoms with Gasteiger partial charge < -0.3 is 4.74 Å². The van der Waals surface area contributed by atoms with E-state index in [-0.39, 0.29) is 18.3 Å². The monoisotopic (exact) mass is 562 g/mol. The molecule has 0 bridgehead atoms. The molecule has 0 aliphatic carbocycles. The van der Waals surface area contributed by atoms with Crippen LogP contribution in [0.3, 0.4) is 0 Å². The van der Waals surface area contributed by atoms with Crippen molar-refractivity contribution in [2.24, 2.45) is 0 Å². The Balaban J connectivity index is 0.00000380. The predicted molar refractivity (Wildman–Crippen MR) is 153 cm³/mol. The minimum absolute atomic E-state index is 0. The van der Waals surface area contributed by atoms with Crippen molar-refractivity contribution < 1.29 is 13.2 Å². The maximum absolute atomic E-state index is 13.2. The van der Waals surface area contributed by atoms with Crippen molar-refractivity contribution in [3.05, 3.63) is 95.0 Å². The van der Waals surface area contributed by atoms with E-state index in [1.807, 2.05) is 36.4 Å². The van der Waals surface area contributed by atoms with Crippen LogP contribution in [0.5, 0.6) is 5.75 Å². The third-order valence-corrected chi connectivity index (χ3v) is 9.20. The van der Waals surface area contributed by atoms with Crippen molar-refractivity contribution in [1.82, 2.24) is 9.21 Å². The molecule has 8 heteroatoms. The van der Waals surface area contributed by atoms with E-state index in [9.17, 15) is 8.42 Å². The topological polar surface area (TPSA) is 49.9 Å². The summed E-state index contributed by atoms with van der Waals surface area (Å²) < 4.78 is 33.3. The first-order valence-electron chi connectivity index (χ1n) is 12.5. The molecule has 4 rings (SSSR count). The molecule has 0 N–H and O–H groups in total. The number of benzene rings is 3. The predicted octanol–water partition coefficient (Wildman–Crippen LogP) is 6.79. The number of halogens is 2. The molecule has 0 unspecified atom stereocenters. The number of piperidine rings is 1. The van der Waals surface area contributed by atoms with Crippen molar-refractivity contribution in [2.45, 2.75) is 42.5 Å². The smallest absolute Gasteiger partial charge is 0.242 e. The van der Waals surface area contributed by atoms with E-state index >= 15 is 0 Å². The molecule has 0 aromatic heterocycles. The molecule has 1 aliphatic heterocycles. The molecule has 1 heterocycles. The van der Waals surface area contributed by atoms with Gasteiger partial charge in [-0.1, -0.05) is 60.5 Å². The number of rotatable bonds is 10. The maximum Gasteiger partial charge on any atom is 0.242 e. The van der Waals surface area contributed by atoms with Crippen LogP contribution in [0.15, 0.2) is 83.8 Å². The number of nitrogens with zero attached hydrogens (tertiary/aromatic N) is 2. The van der Waals surface area contributed by atoms with Crippen LogP contribution in [0.4, 0.5) is 0 Å². The highest BCUT2D eigenvalue weighted by atomic mass is 35.5. The molecule has 1 fully saturated rings. The first-order chi connectivity index (χ1) is 17.4. The Bertz CT molecular complexity index is 1220. The molecule has 37 heavy (non-hydrogen) atoms. The molecule has 0 saturated carbocycles. The van der Waals surface area contributed by atoms with E-state index in [1.54, 1.807) is 38.4 Å². The first-order valence-corrected chi connectivity index (χ1v) is 14.3. The fourth-order valence-electron chi connectivity index (χ4n) is 5.09. The van der Waals surface area contributed by atoms with Crippen molar-refractivity contribution in [2.75, 3.05) is 33.8 Å². The molecular weight excluding hydrogens is 527 g/mol. The lowest BCUT2D eigenvalue weighted by atomic mass is 9.92. The van der Waals surface area contributed by atoms with Gasteiger partial charge in [-0.15, -0.1) is 12.4 Å². The van der Waals surface area contributed by atoms with Gasteiger partial charge in [-0.25, -0.2) is 12.7 Å². The second kappa shape index (κ2) is 13.6. The molecule has 0 radical (unpaired) electrons. The Hall–Kier alpha value is -2.09. The van der Waals surface area contributed by atoms with Crippen LogP contribution in [-0.2, 0) is 10.0 Å². The van der Waals surface area contributed by atoms with Gasteiger partial charge in [0.15, 0.2) is 0 Å². The molecule has 0 amide bonds. The quantitative estimate of drug-likeness (QED) is 0.273. The van der Waals surface area contributed by atoms with Crippen LogP contribution < -0.4 is 4.74 Å². The average molecular weight is 564 g/mol. The zero-order valence-corrected chi connectivity index (χ0v) is 23.8. The van der Waals surface area contributed by atoms with E-state index in [1.165, 1.54) is 22.7 Å². The summed E-state index contributed by atoms with van der Waals surface area (Å²) in [5.74, 6) is 0.885.